The van der Waals surface area contributed by atoms with Gasteiger partial charge in [-0.05, 0) is 38.8 Å². The van der Waals surface area contributed by atoms with Crippen molar-refractivity contribution in [2.24, 2.45) is 0 Å². The lowest BCUT2D eigenvalue weighted by Crippen LogP contribution is -2.42. The highest BCUT2D eigenvalue weighted by Crippen LogP contribution is 2.07. The van der Waals surface area contributed by atoms with Crippen molar-refractivity contribution in [2.75, 3.05) is 13.1 Å². The summed E-state index contributed by atoms with van der Waals surface area (Å²) in [6, 6.07) is 1.36. The summed E-state index contributed by atoms with van der Waals surface area (Å²) in [5.74, 6) is 0. The SMILES string of the molecule is c1c[n+](C[C@@H]2CCCN2)cn1C[C@@H]1CCCN1. The number of aromatic nitrogens is 2. The Morgan fingerprint density at radius 3 is 2.59 bits per heavy atom. The standard InChI is InChI=1S/C13H23N4/c1-3-12(14-5-1)9-16-7-8-17(11-16)10-13-4-2-6-15-13/h7-8,11-15H,1-6,9-10H2/q+1/t12-,13-/m0/s1. The van der Waals surface area contributed by atoms with Gasteiger partial charge in [0, 0.05) is 12.1 Å². The second-order valence-electron chi connectivity index (χ2n) is 5.39. The summed E-state index contributed by atoms with van der Waals surface area (Å²) in [6.07, 6.45) is 12.0. The van der Waals surface area contributed by atoms with Crippen molar-refractivity contribution < 1.29 is 4.57 Å². The van der Waals surface area contributed by atoms with E-state index in [0.29, 0.717) is 12.1 Å². The zero-order valence-corrected chi connectivity index (χ0v) is 10.4. The van der Waals surface area contributed by atoms with Crippen molar-refractivity contribution in [3.8, 4) is 0 Å². The van der Waals surface area contributed by atoms with Crippen molar-refractivity contribution in [1.29, 1.82) is 0 Å². The van der Waals surface area contributed by atoms with E-state index >= 15 is 0 Å². The molecule has 3 rings (SSSR count). The van der Waals surface area contributed by atoms with E-state index in [1.54, 1.807) is 0 Å². The first-order valence-corrected chi connectivity index (χ1v) is 6.92. The van der Waals surface area contributed by atoms with Crippen LogP contribution in [0.5, 0.6) is 0 Å². The lowest BCUT2D eigenvalue weighted by molar-refractivity contribution is -0.698. The number of rotatable bonds is 4. The Hall–Kier alpha value is -0.870. The Morgan fingerprint density at radius 1 is 1.12 bits per heavy atom. The van der Waals surface area contributed by atoms with Crippen molar-refractivity contribution in [2.45, 2.75) is 50.9 Å². The third-order valence-corrected chi connectivity index (χ3v) is 3.93. The van der Waals surface area contributed by atoms with Crippen LogP contribution < -0.4 is 15.2 Å². The second kappa shape index (κ2) is 5.19. The molecule has 2 aliphatic rings. The molecule has 1 aromatic heterocycles. The molecule has 17 heavy (non-hydrogen) atoms. The number of nitrogens with one attached hydrogen (secondary N) is 2. The molecule has 0 unspecified atom stereocenters. The Bertz CT molecular complexity index is 316. The van der Waals surface area contributed by atoms with Crippen molar-refractivity contribution in [1.82, 2.24) is 15.2 Å². The minimum Gasteiger partial charge on any atom is -0.310 e. The molecule has 2 fully saturated rings. The van der Waals surface area contributed by atoms with Gasteiger partial charge < -0.3 is 10.6 Å². The molecule has 94 valence electrons. The molecule has 0 saturated carbocycles. The summed E-state index contributed by atoms with van der Waals surface area (Å²) in [5, 5.41) is 7.09. The molecular formula is C13H23N4+. The number of hydrogen-bond donors (Lipinski definition) is 2. The van der Waals surface area contributed by atoms with Crippen LogP contribution in [0.25, 0.3) is 0 Å². The highest BCUT2D eigenvalue weighted by Gasteiger charge is 2.19. The first-order valence-electron chi connectivity index (χ1n) is 6.92. The van der Waals surface area contributed by atoms with Crippen LogP contribution in [0.15, 0.2) is 18.7 Å². The molecule has 2 saturated heterocycles. The fraction of sp³-hybridized carbons (Fsp3) is 0.769. The minimum atomic E-state index is 0.681. The zero-order chi connectivity index (χ0) is 11.5. The first kappa shape index (κ1) is 11.2. The zero-order valence-electron chi connectivity index (χ0n) is 10.4. The van der Waals surface area contributed by atoms with Crippen LogP contribution in [0.3, 0.4) is 0 Å². The summed E-state index contributed by atoms with van der Waals surface area (Å²) in [5.41, 5.74) is 0. The van der Waals surface area contributed by atoms with E-state index in [-0.39, 0.29) is 0 Å². The molecule has 0 spiro atoms. The largest absolute Gasteiger partial charge is 0.310 e. The van der Waals surface area contributed by atoms with E-state index in [4.69, 9.17) is 0 Å². The van der Waals surface area contributed by atoms with Gasteiger partial charge in [0.25, 0.3) is 0 Å². The minimum absolute atomic E-state index is 0.681. The van der Waals surface area contributed by atoms with Gasteiger partial charge in [-0.2, -0.15) is 0 Å². The summed E-state index contributed by atoms with van der Waals surface area (Å²) in [6.45, 7) is 4.62. The summed E-state index contributed by atoms with van der Waals surface area (Å²) in [4.78, 5) is 0. The summed E-state index contributed by atoms with van der Waals surface area (Å²) < 4.78 is 4.63. The maximum atomic E-state index is 3.55. The molecule has 4 nitrogen and oxygen atoms in total. The van der Waals surface area contributed by atoms with Crippen LogP contribution in [0.1, 0.15) is 25.7 Å². The Morgan fingerprint density at radius 2 is 1.88 bits per heavy atom. The molecule has 0 amide bonds. The topological polar surface area (TPSA) is 32.9 Å². The van der Waals surface area contributed by atoms with Gasteiger partial charge in [0.15, 0.2) is 0 Å². The van der Waals surface area contributed by atoms with Gasteiger partial charge in [-0.1, -0.05) is 0 Å². The third-order valence-electron chi connectivity index (χ3n) is 3.93. The van der Waals surface area contributed by atoms with Gasteiger partial charge in [0.05, 0.1) is 0 Å². The van der Waals surface area contributed by atoms with Crippen LogP contribution in [0.2, 0.25) is 0 Å². The van der Waals surface area contributed by atoms with Gasteiger partial charge in [0.2, 0.25) is 6.33 Å². The highest BCUT2D eigenvalue weighted by molar-refractivity contribution is 4.78. The van der Waals surface area contributed by atoms with Gasteiger partial charge in [-0.3, -0.25) is 0 Å². The van der Waals surface area contributed by atoms with Crippen LogP contribution in [-0.2, 0) is 13.1 Å². The van der Waals surface area contributed by atoms with Gasteiger partial charge in [0.1, 0.15) is 25.5 Å². The molecule has 2 aliphatic heterocycles. The fourth-order valence-electron chi connectivity index (χ4n) is 2.99. The lowest BCUT2D eigenvalue weighted by Gasteiger charge is -2.07. The molecule has 0 aromatic carbocycles. The molecular weight excluding hydrogens is 212 g/mol. The van der Waals surface area contributed by atoms with E-state index in [0.717, 1.165) is 13.1 Å². The maximum Gasteiger partial charge on any atom is 0.243 e. The fourth-order valence-corrected chi connectivity index (χ4v) is 2.99. The molecule has 4 heteroatoms. The second-order valence-corrected chi connectivity index (χ2v) is 5.39. The third kappa shape index (κ3) is 2.87. The van der Waals surface area contributed by atoms with Crippen molar-refractivity contribution in [3.63, 3.8) is 0 Å². The normalized spacial score (nSPS) is 28.9. The van der Waals surface area contributed by atoms with Crippen molar-refractivity contribution in [3.05, 3.63) is 18.7 Å². The van der Waals surface area contributed by atoms with Gasteiger partial charge >= 0.3 is 0 Å². The van der Waals surface area contributed by atoms with Gasteiger partial charge in [-0.25, -0.2) is 9.13 Å². The predicted molar refractivity (Wildman–Crippen MR) is 66.7 cm³/mol. The molecule has 0 radical (unpaired) electrons. The summed E-state index contributed by atoms with van der Waals surface area (Å²) in [7, 11) is 0. The van der Waals surface area contributed by atoms with E-state index in [9.17, 15) is 0 Å². The number of imidazole rings is 1. The Labute approximate surface area is 103 Å². The smallest absolute Gasteiger partial charge is 0.243 e. The molecule has 3 heterocycles. The molecule has 0 aliphatic carbocycles. The summed E-state index contributed by atoms with van der Waals surface area (Å²) >= 11 is 0. The van der Waals surface area contributed by atoms with E-state index < -0.39 is 0 Å². The van der Waals surface area contributed by atoms with E-state index in [1.165, 1.54) is 38.8 Å². The van der Waals surface area contributed by atoms with Crippen LogP contribution in [0.4, 0.5) is 0 Å². The van der Waals surface area contributed by atoms with E-state index in [2.05, 4.69) is 38.5 Å². The van der Waals surface area contributed by atoms with Crippen LogP contribution in [0, 0.1) is 0 Å². The first-order chi connectivity index (χ1) is 8.40. The molecule has 1 aromatic rings. The average Bonchev–Trinajstić information content (AvgIpc) is 3.02. The molecule has 2 N–H and O–H groups in total. The number of nitrogens with zero attached hydrogens (tertiary/aromatic N) is 2. The Balaban J connectivity index is 1.54. The highest BCUT2D eigenvalue weighted by atomic mass is 15.1. The van der Waals surface area contributed by atoms with Crippen LogP contribution >= 0.6 is 0 Å². The quantitative estimate of drug-likeness (QED) is 0.735. The Kier molecular flexibility index (Phi) is 3.43. The predicted octanol–water partition coefficient (Wildman–Crippen LogP) is 0.280. The van der Waals surface area contributed by atoms with Crippen molar-refractivity contribution >= 4 is 0 Å². The lowest BCUT2D eigenvalue weighted by atomic mass is 10.2. The van der Waals surface area contributed by atoms with Crippen LogP contribution in [-0.4, -0.2) is 29.7 Å². The van der Waals surface area contributed by atoms with Gasteiger partial charge in [-0.15, -0.1) is 0 Å². The molecule has 2 atom stereocenters. The maximum absolute atomic E-state index is 3.55. The monoisotopic (exact) mass is 235 g/mol. The average molecular weight is 235 g/mol. The molecule has 0 bridgehead atoms. The number of hydrogen-bond acceptors (Lipinski definition) is 2. The van der Waals surface area contributed by atoms with E-state index in [1.807, 2.05) is 0 Å².